The van der Waals surface area contributed by atoms with E-state index >= 15 is 0 Å². The summed E-state index contributed by atoms with van der Waals surface area (Å²) < 4.78 is 5.34. The van der Waals surface area contributed by atoms with E-state index in [4.69, 9.17) is 15.1 Å². The van der Waals surface area contributed by atoms with Crippen LogP contribution in [0, 0.1) is 11.3 Å². The number of aliphatic hydroxyl groups excluding tert-OH is 1. The molecule has 1 fully saturated rings. The lowest BCUT2D eigenvalue weighted by Crippen LogP contribution is -2.36. The summed E-state index contributed by atoms with van der Waals surface area (Å²) in [6, 6.07) is 2.21. The molecule has 1 heterocycles. The number of rotatable bonds is 3. The Kier molecular flexibility index (Phi) is 3.86. The molecule has 0 radical (unpaired) electrons. The summed E-state index contributed by atoms with van der Waals surface area (Å²) >= 11 is 1.85. The standard InChI is InChI=1S/C8H13NO2S/c9-7-8(11-4-3-10)1-5-12-6-2-8/h10H,1-6H2. The number of nitrogens with zero attached hydrogens (tertiary/aromatic N) is 1. The SMILES string of the molecule is N#CC1(OCCO)CCSCC1. The van der Waals surface area contributed by atoms with Gasteiger partial charge in [-0.25, -0.2) is 0 Å². The number of hydrogen-bond donors (Lipinski definition) is 1. The predicted octanol–water partition coefficient (Wildman–Crippen LogP) is 0.785. The molecule has 0 aromatic carbocycles. The highest BCUT2D eigenvalue weighted by molar-refractivity contribution is 7.99. The highest BCUT2D eigenvalue weighted by Gasteiger charge is 2.32. The van der Waals surface area contributed by atoms with Gasteiger partial charge in [-0.15, -0.1) is 0 Å². The lowest BCUT2D eigenvalue weighted by Gasteiger charge is -2.29. The summed E-state index contributed by atoms with van der Waals surface area (Å²) in [5.41, 5.74) is -0.603. The van der Waals surface area contributed by atoms with E-state index in [1.807, 2.05) is 11.8 Å². The Morgan fingerprint density at radius 1 is 1.50 bits per heavy atom. The van der Waals surface area contributed by atoms with Crippen molar-refractivity contribution in [3.05, 3.63) is 0 Å². The second-order valence-corrected chi connectivity index (χ2v) is 4.02. The fraction of sp³-hybridized carbons (Fsp3) is 0.875. The fourth-order valence-corrected chi connectivity index (χ4v) is 2.38. The molecule has 0 atom stereocenters. The second kappa shape index (κ2) is 4.70. The summed E-state index contributed by atoms with van der Waals surface area (Å²) in [5.74, 6) is 1.97. The van der Waals surface area contributed by atoms with Crippen molar-refractivity contribution >= 4 is 11.8 Å². The number of thioether (sulfide) groups is 1. The summed E-state index contributed by atoms with van der Waals surface area (Å²) in [6.07, 6.45) is 1.57. The maximum absolute atomic E-state index is 8.90. The van der Waals surface area contributed by atoms with Gasteiger partial charge in [0, 0.05) is 0 Å². The third-order valence-electron chi connectivity index (χ3n) is 1.97. The molecule has 68 valence electrons. The first kappa shape index (κ1) is 9.85. The van der Waals surface area contributed by atoms with Gasteiger partial charge in [-0.3, -0.25) is 0 Å². The molecule has 1 rings (SSSR count). The van der Waals surface area contributed by atoms with E-state index in [1.54, 1.807) is 0 Å². The maximum Gasteiger partial charge on any atom is 0.155 e. The van der Waals surface area contributed by atoms with Crippen molar-refractivity contribution in [1.29, 1.82) is 5.26 Å². The average Bonchev–Trinajstić information content (AvgIpc) is 2.16. The molecule has 3 nitrogen and oxygen atoms in total. The molecule has 0 bridgehead atoms. The summed E-state index contributed by atoms with van der Waals surface area (Å²) in [6.45, 7) is 0.273. The van der Waals surface area contributed by atoms with Crippen molar-refractivity contribution in [3.63, 3.8) is 0 Å². The van der Waals surface area contributed by atoms with Crippen LogP contribution in [-0.2, 0) is 4.74 Å². The number of hydrogen-bond acceptors (Lipinski definition) is 4. The van der Waals surface area contributed by atoms with Crippen LogP contribution < -0.4 is 0 Å². The Labute approximate surface area is 76.7 Å². The highest BCUT2D eigenvalue weighted by Crippen LogP contribution is 2.29. The van der Waals surface area contributed by atoms with Crippen LogP contribution >= 0.6 is 11.8 Å². The van der Waals surface area contributed by atoms with Crippen LogP contribution in [0.1, 0.15) is 12.8 Å². The molecule has 0 saturated carbocycles. The normalized spacial score (nSPS) is 21.7. The van der Waals surface area contributed by atoms with E-state index in [9.17, 15) is 0 Å². The summed E-state index contributed by atoms with van der Waals surface area (Å²) in [4.78, 5) is 0. The van der Waals surface area contributed by atoms with E-state index in [2.05, 4.69) is 6.07 Å². The number of nitriles is 1. The van der Waals surface area contributed by atoms with E-state index in [0.29, 0.717) is 0 Å². The quantitative estimate of drug-likeness (QED) is 0.709. The third kappa shape index (κ3) is 2.37. The molecule has 0 amide bonds. The molecule has 1 aliphatic rings. The van der Waals surface area contributed by atoms with Gasteiger partial charge in [0.15, 0.2) is 5.60 Å². The van der Waals surface area contributed by atoms with Crippen molar-refractivity contribution in [3.8, 4) is 6.07 Å². The van der Waals surface area contributed by atoms with Gasteiger partial charge in [-0.05, 0) is 24.3 Å². The van der Waals surface area contributed by atoms with Gasteiger partial charge in [0.2, 0.25) is 0 Å². The minimum absolute atomic E-state index is 0.00340. The van der Waals surface area contributed by atoms with Crippen molar-refractivity contribution in [2.24, 2.45) is 0 Å². The highest BCUT2D eigenvalue weighted by atomic mass is 32.2. The predicted molar refractivity (Wildman–Crippen MR) is 47.9 cm³/mol. The van der Waals surface area contributed by atoms with Crippen LogP contribution in [0.25, 0.3) is 0 Å². The van der Waals surface area contributed by atoms with E-state index < -0.39 is 5.60 Å². The summed E-state index contributed by atoms with van der Waals surface area (Å²) in [5, 5.41) is 17.5. The van der Waals surface area contributed by atoms with Crippen LogP contribution in [0.3, 0.4) is 0 Å². The van der Waals surface area contributed by atoms with Gasteiger partial charge in [0.25, 0.3) is 0 Å². The molecule has 0 aliphatic carbocycles. The van der Waals surface area contributed by atoms with Crippen LogP contribution in [0.2, 0.25) is 0 Å². The summed E-state index contributed by atoms with van der Waals surface area (Å²) in [7, 11) is 0. The number of aliphatic hydroxyl groups is 1. The molecule has 0 aromatic heterocycles. The Balaban J connectivity index is 2.44. The zero-order chi connectivity index (χ0) is 8.86. The number of ether oxygens (including phenoxy) is 1. The van der Waals surface area contributed by atoms with Crippen LogP contribution in [0.5, 0.6) is 0 Å². The van der Waals surface area contributed by atoms with Crippen LogP contribution in [-0.4, -0.2) is 35.4 Å². The molecule has 12 heavy (non-hydrogen) atoms. The Morgan fingerprint density at radius 2 is 2.17 bits per heavy atom. The fourth-order valence-electron chi connectivity index (χ4n) is 1.23. The lowest BCUT2D eigenvalue weighted by molar-refractivity contribution is -0.0242. The van der Waals surface area contributed by atoms with Gasteiger partial charge >= 0.3 is 0 Å². The Hall–Kier alpha value is -0.240. The van der Waals surface area contributed by atoms with Gasteiger partial charge in [-0.2, -0.15) is 17.0 Å². The van der Waals surface area contributed by atoms with E-state index in [1.165, 1.54) is 0 Å². The third-order valence-corrected chi connectivity index (χ3v) is 2.96. The first-order valence-electron chi connectivity index (χ1n) is 4.07. The van der Waals surface area contributed by atoms with Gasteiger partial charge < -0.3 is 9.84 Å². The van der Waals surface area contributed by atoms with E-state index in [-0.39, 0.29) is 13.2 Å². The molecule has 0 unspecified atom stereocenters. The lowest BCUT2D eigenvalue weighted by atomic mass is 9.99. The van der Waals surface area contributed by atoms with Crippen molar-refractivity contribution in [2.75, 3.05) is 24.7 Å². The molecule has 4 heteroatoms. The molecule has 1 aliphatic heterocycles. The minimum atomic E-state index is -0.603. The average molecular weight is 187 g/mol. The van der Waals surface area contributed by atoms with Gasteiger partial charge in [0.05, 0.1) is 19.3 Å². The Bertz CT molecular complexity index is 172. The molecule has 0 aromatic rings. The van der Waals surface area contributed by atoms with Crippen molar-refractivity contribution in [2.45, 2.75) is 18.4 Å². The van der Waals surface area contributed by atoms with Gasteiger partial charge in [0.1, 0.15) is 0 Å². The first-order chi connectivity index (χ1) is 5.83. The topological polar surface area (TPSA) is 53.2 Å². The van der Waals surface area contributed by atoms with Crippen LogP contribution in [0.15, 0.2) is 0 Å². The molecular formula is C8H13NO2S. The minimum Gasteiger partial charge on any atom is -0.394 e. The molecular weight excluding hydrogens is 174 g/mol. The Morgan fingerprint density at radius 3 is 2.67 bits per heavy atom. The van der Waals surface area contributed by atoms with Crippen LogP contribution in [0.4, 0.5) is 0 Å². The maximum atomic E-state index is 8.90. The monoisotopic (exact) mass is 187 g/mol. The molecule has 0 spiro atoms. The van der Waals surface area contributed by atoms with Crippen molar-refractivity contribution in [1.82, 2.24) is 0 Å². The van der Waals surface area contributed by atoms with Gasteiger partial charge in [-0.1, -0.05) is 0 Å². The second-order valence-electron chi connectivity index (χ2n) is 2.79. The zero-order valence-electron chi connectivity index (χ0n) is 6.95. The molecule has 1 saturated heterocycles. The molecule has 1 N–H and O–H groups in total. The van der Waals surface area contributed by atoms with E-state index in [0.717, 1.165) is 24.3 Å². The zero-order valence-corrected chi connectivity index (χ0v) is 7.77. The first-order valence-corrected chi connectivity index (χ1v) is 5.22. The van der Waals surface area contributed by atoms with Crippen molar-refractivity contribution < 1.29 is 9.84 Å². The smallest absolute Gasteiger partial charge is 0.155 e. The largest absolute Gasteiger partial charge is 0.394 e.